The van der Waals surface area contributed by atoms with E-state index >= 15 is 0 Å². The molecule has 0 unspecified atom stereocenters. The summed E-state index contributed by atoms with van der Waals surface area (Å²) < 4.78 is 1.40. The lowest BCUT2D eigenvalue weighted by molar-refractivity contribution is -0.384. The fourth-order valence-electron chi connectivity index (χ4n) is 1.65. The van der Waals surface area contributed by atoms with Gasteiger partial charge in [0.25, 0.3) is 11.6 Å². The third-order valence-electron chi connectivity index (χ3n) is 2.84. The molecule has 0 spiro atoms. The van der Waals surface area contributed by atoms with Crippen LogP contribution in [0, 0.1) is 17.0 Å². The van der Waals surface area contributed by atoms with Crippen molar-refractivity contribution in [2.75, 3.05) is 5.32 Å². The maximum atomic E-state index is 12.2. The number of aryl methyl sites for hydroxylation is 1. The van der Waals surface area contributed by atoms with Crippen molar-refractivity contribution in [3.05, 3.63) is 66.6 Å². The van der Waals surface area contributed by atoms with Gasteiger partial charge in [-0.05, 0) is 46.6 Å². The molecule has 0 saturated carbocycles. The van der Waals surface area contributed by atoms with Gasteiger partial charge in [0.1, 0.15) is 0 Å². The third kappa shape index (κ3) is 3.68. The second-order valence-electron chi connectivity index (χ2n) is 4.34. The van der Waals surface area contributed by atoms with Crippen LogP contribution in [0.3, 0.4) is 0 Å². The molecule has 0 heterocycles. The first-order chi connectivity index (χ1) is 9.88. The van der Waals surface area contributed by atoms with Crippen LogP contribution in [0.4, 0.5) is 11.4 Å². The molecule has 2 aromatic rings. The minimum Gasteiger partial charge on any atom is -0.321 e. The molecule has 0 aliphatic heterocycles. The highest BCUT2D eigenvalue weighted by atomic mass is 79.9. The molecular weight excluding hydrogens is 404 g/mol. The van der Waals surface area contributed by atoms with Crippen molar-refractivity contribution in [2.24, 2.45) is 0 Å². The van der Waals surface area contributed by atoms with Crippen LogP contribution in [-0.4, -0.2) is 10.8 Å². The molecule has 0 bridgehead atoms. The number of anilines is 1. The number of rotatable bonds is 3. The van der Waals surface area contributed by atoms with Gasteiger partial charge in [-0.1, -0.05) is 22.0 Å². The van der Waals surface area contributed by atoms with E-state index in [1.807, 2.05) is 13.0 Å². The number of nitro benzene ring substituents is 1. The molecule has 0 atom stereocenters. The van der Waals surface area contributed by atoms with E-state index in [0.717, 1.165) is 10.0 Å². The lowest BCUT2D eigenvalue weighted by atomic mass is 10.1. The van der Waals surface area contributed by atoms with Gasteiger partial charge in [0.05, 0.1) is 10.6 Å². The molecule has 2 aromatic carbocycles. The molecule has 1 amide bonds. The van der Waals surface area contributed by atoms with E-state index in [-0.39, 0.29) is 11.6 Å². The molecule has 0 aliphatic rings. The fraction of sp³-hybridized carbons (Fsp3) is 0.0714. The molecule has 1 N–H and O–H groups in total. The summed E-state index contributed by atoms with van der Waals surface area (Å²) >= 11 is 6.63. The first kappa shape index (κ1) is 15.7. The standard InChI is InChI=1S/C14H10Br2N2O3/c1-8-2-3-9(6-12(8)16)14(19)17-13-7-10(18(20)21)4-5-11(13)15/h2-7H,1H3,(H,17,19). The molecule has 0 aliphatic carbocycles. The zero-order chi connectivity index (χ0) is 15.6. The van der Waals surface area contributed by atoms with Crippen LogP contribution in [0.15, 0.2) is 45.3 Å². The summed E-state index contributed by atoms with van der Waals surface area (Å²) in [6.07, 6.45) is 0. The number of amides is 1. The summed E-state index contributed by atoms with van der Waals surface area (Å²) in [5, 5.41) is 13.4. The Morgan fingerprint density at radius 1 is 1.14 bits per heavy atom. The first-order valence-electron chi connectivity index (χ1n) is 5.90. The van der Waals surface area contributed by atoms with Crippen LogP contribution in [0.5, 0.6) is 0 Å². The summed E-state index contributed by atoms with van der Waals surface area (Å²) in [6.45, 7) is 1.92. The van der Waals surface area contributed by atoms with E-state index in [9.17, 15) is 14.9 Å². The number of nitrogens with one attached hydrogen (secondary N) is 1. The smallest absolute Gasteiger partial charge is 0.271 e. The van der Waals surface area contributed by atoms with Gasteiger partial charge in [-0.15, -0.1) is 0 Å². The predicted octanol–water partition coefficient (Wildman–Crippen LogP) is 4.68. The van der Waals surface area contributed by atoms with Gasteiger partial charge >= 0.3 is 0 Å². The van der Waals surface area contributed by atoms with E-state index in [1.54, 1.807) is 12.1 Å². The SMILES string of the molecule is Cc1ccc(C(=O)Nc2cc([N+](=O)[O-])ccc2Br)cc1Br. The number of halogens is 2. The summed E-state index contributed by atoms with van der Waals surface area (Å²) in [6, 6.07) is 9.42. The molecular formula is C14H10Br2N2O3. The molecule has 0 saturated heterocycles. The largest absolute Gasteiger partial charge is 0.321 e. The normalized spacial score (nSPS) is 10.2. The molecule has 21 heavy (non-hydrogen) atoms. The molecule has 5 nitrogen and oxygen atoms in total. The van der Waals surface area contributed by atoms with Crippen LogP contribution in [-0.2, 0) is 0 Å². The zero-order valence-electron chi connectivity index (χ0n) is 10.9. The number of hydrogen-bond acceptors (Lipinski definition) is 3. The van der Waals surface area contributed by atoms with Crippen molar-refractivity contribution < 1.29 is 9.72 Å². The van der Waals surface area contributed by atoms with Crippen molar-refractivity contribution in [2.45, 2.75) is 6.92 Å². The van der Waals surface area contributed by atoms with Crippen molar-refractivity contribution >= 4 is 49.1 Å². The Morgan fingerprint density at radius 2 is 1.86 bits per heavy atom. The van der Waals surface area contributed by atoms with Gasteiger partial charge in [0, 0.05) is 26.6 Å². The van der Waals surface area contributed by atoms with Gasteiger partial charge in [-0.25, -0.2) is 0 Å². The number of non-ortho nitro benzene ring substituents is 1. The number of hydrogen-bond donors (Lipinski definition) is 1. The van der Waals surface area contributed by atoms with Crippen molar-refractivity contribution in [3.63, 3.8) is 0 Å². The summed E-state index contributed by atoms with van der Waals surface area (Å²) in [5.74, 6) is -0.336. The van der Waals surface area contributed by atoms with Crippen LogP contribution >= 0.6 is 31.9 Å². The van der Waals surface area contributed by atoms with Crippen LogP contribution in [0.2, 0.25) is 0 Å². The van der Waals surface area contributed by atoms with Gasteiger partial charge in [0.2, 0.25) is 0 Å². The minimum atomic E-state index is -0.509. The number of nitrogens with zero attached hydrogens (tertiary/aromatic N) is 1. The Kier molecular flexibility index (Phi) is 4.74. The molecule has 2 rings (SSSR count). The Morgan fingerprint density at radius 3 is 2.48 bits per heavy atom. The van der Waals surface area contributed by atoms with E-state index < -0.39 is 4.92 Å². The third-order valence-corrected chi connectivity index (χ3v) is 4.39. The van der Waals surface area contributed by atoms with Gasteiger partial charge in [-0.2, -0.15) is 0 Å². The zero-order valence-corrected chi connectivity index (χ0v) is 14.1. The Labute approximate surface area is 137 Å². The Bertz CT molecular complexity index is 732. The van der Waals surface area contributed by atoms with Crippen LogP contribution in [0.25, 0.3) is 0 Å². The number of benzene rings is 2. The lowest BCUT2D eigenvalue weighted by Crippen LogP contribution is -2.12. The van der Waals surface area contributed by atoms with Crippen LogP contribution < -0.4 is 5.32 Å². The average molecular weight is 414 g/mol. The van der Waals surface area contributed by atoms with Crippen molar-refractivity contribution in [1.82, 2.24) is 0 Å². The van der Waals surface area contributed by atoms with Crippen molar-refractivity contribution in [3.8, 4) is 0 Å². The average Bonchev–Trinajstić information content (AvgIpc) is 2.43. The van der Waals surface area contributed by atoms with Crippen molar-refractivity contribution in [1.29, 1.82) is 0 Å². The summed E-state index contributed by atoms with van der Waals surface area (Å²) in [4.78, 5) is 22.5. The lowest BCUT2D eigenvalue weighted by Gasteiger charge is -2.08. The topological polar surface area (TPSA) is 72.2 Å². The fourth-order valence-corrected chi connectivity index (χ4v) is 2.38. The van der Waals surface area contributed by atoms with E-state index in [1.165, 1.54) is 18.2 Å². The summed E-state index contributed by atoms with van der Waals surface area (Å²) in [7, 11) is 0. The molecule has 7 heteroatoms. The minimum absolute atomic E-state index is 0.0846. The van der Waals surface area contributed by atoms with Crippen LogP contribution in [0.1, 0.15) is 15.9 Å². The molecule has 108 valence electrons. The highest BCUT2D eigenvalue weighted by Gasteiger charge is 2.13. The summed E-state index contributed by atoms with van der Waals surface area (Å²) in [5.41, 5.74) is 1.75. The number of carbonyl (C=O) groups is 1. The monoisotopic (exact) mass is 412 g/mol. The molecule has 0 fully saturated rings. The highest BCUT2D eigenvalue weighted by Crippen LogP contribution is 2.28. The second kappa shape index (κ2) is 6.36. The van der Waals surface area contributed by atoms with E-state index in [2.05, 4.69) is 37.2 Å². The molecule has 0 radical (unpaired) electrons. The maximum absolute atomic E-state index is 12.2. The first-order valence-corrected chi connectivity index (χ1v) is 7.48. The maximum Gasteiger partial charge on any atom is 0.271 e. The Balaban J connectivity index is 2.28. The highest BCUT2D eigenvalue weighted by molar-refractivity contribution is 9.10. The second-order valence-corrected chi connectivity index (χ2v) is 6.05. The Hall–Kier alpha value is -1.73. The number of carbonyl (C=O) groups excluding carboxylic acids is 1. The quantitative estimate of drug-likeness (QED) is 0.586. The van der Waals surface area contributed by atoms with E-state index in [0.29, 0.717) is 15.7 Å². The van der Waals surface area contributed by atoms with Gasteiger partial charge in [0.15, 0.2) is 0 Å². The van der Waals surface area contributed by atoms with E-state index in [4.69, 9.17) is 0 Å². The number of nitro groups is 1. The van der Waals surface area contributed by atoms with Gasteiger partial charge < -0.3 is 5.32 Å². The van der Waals surface area contributed by atoms with Gasteiger partial charge in [-0.3, -0.25) is 14.9 Å². The predicted molar refractivity (Wildman–Crippen MR) is 87.6 cm³/mol. The molecule has 0 aromatic heterocycles.